The predicted molar refractivity (Wildman–Crippen MR) is 62.6 cm³/mol. The van der Waals surface area contributed by atoms with Gasteiger partial charge in [0.15, 0.2) is 5.05 Å². The molecule has 0 aromatic heterocycles. The summed E-state index contributed by atoms with van der Waals surface area (Å²) in [6.45, 7) is 0. The molecular weight excluding hydrogens is 286 g/mol. The van der Waals surface area contributed by atoms with E-state index in [0.717, 1.165) is 0 Å². The predicted octanol–water partition coefficient (Wildman–Crippen LogP) is 4.29. The van der Waals surface area contributed by atoms with Gasteiger partial charge >= 0.3 is 0 Å². The largest absolute Gasteiger partial charge is 0.443 e. The molecule has 0 aliphatic carbocycles. The van der Waals surface area contributed by atoms with Gasteiger partial charge in [0.2, 0.25) is 0 Å². The van der Waals surface area contributed by atoms with Crippen molar-refractivity contribution in [1.82, 2.24) is 0 Å². The lowest BCUT2D eigenvalue weighted by atomic mass is 10.1. The molecule has 0 fully saturated rings. The Bertz CT molecular complexity index is 430. The summed E-state index contributed by atoms with van der Waals surface area (Å²) in [6.07, 6.45) is 0. The maximum absolute atomic E-state index is 5.95. The lowest BCUT2D eigenvalue weighted by molar-refractivity contribution is 0.258. The van der Waals surface area contributed by atoms with Crippen LogP contribution in [0.1, 0.15) is 11.1 Å². The number of benzene rings is 1. The Labute approximate surface area is 106 Å². The van der Waals surface area contributed by atoms with Crippen LogP contribution in [0.15, 0.2) is 12.1 Å². The molecule has 1 aliphatic rings. The number of alkyl halides is 2. The third-order valence-electron chi connectivity index (χ3n) is 1.83. The van der Waals surface area contributed by atoms with Gasteiger partial charge in [0, 0.05) is 5.56 Å². The zero-order valence-electron chi connectivity index (χ0n) is 6.48. The zero-order chi connectivity index (χ0) is 10.5. The second-order valence-electron chi connectivity index (χ2n) is 2.69. The summed E-state index contributed by atoms with van der Waals surface area (Å²) in [5.41, 5.74) is 1.03. The first kappa shape index (κ1) is 10.8. The van der Waals surface area contributed by atoms with Crippen molar-refractivity contribution < 1.29 is 4.74 Å². The van der Waals surface area contributed by atoms with Crippen molar-refractivity contribution in [2.75, 3.05) is 0 Å². The van der Waals surface area contributed by atoms with Crippen LogP contribution in [0.4, 0.5) is 0 Å². The van der Waals surface area contributed by atoms with Gasteiger partial charge < -0.3 is 4.74 Å². The van der Waals surface area contributed by atoms with Crippen LogP contribution < -0.4 is 0 Å². The Morgan fingerprint density at radius 2 is 1.86 bits per heavy atom. The Morgan fingerprint density at radius 3 is 2.50 bits per heavy atom. The van der Waals surface area contributed by atoms with E-state index in [4.69, 9.17) is 63.4 Å². The minimum absolute atomic E-state index is 0.226. The van der Waals surface area contributed by atoms with Crippen molar-refractivity contribution in [3.05, 3.63) is 33.3 Å². The molecule has 0 spiro atoms. The second-order valence-corrected chi connectivity index (χ2v) is 5.10. The van der Waals surface area contributed by atoms with Crippen LogP contribution in [0.5, 0.6) is 0 Å². The fourth-order valence-electron chi connectivity index (χ4n) is 1.23. The average Bonchev–Trinajstić information content (AvgIpc) is 2.29. The van der Waals surface area contributed by atoms with E-state index in [2.05, 4.69) is 0 Å². The Kier molecular flexibility index (Phi) is 2.61. The third kappa shape index (κ3) is 1.50. The SMILES string of the molecule is S=C1OC(Cl)(Cl)c2c1ccc(Cl)c2Cl. The van der Waals surface area contributed by atoms with E-state index in [1.54, 1.807) is 12.1 Å². The van der Waals surface area contributed by atoms with E-state index in [1.165, 1.54) is 0 Å². The second kappa shape index (κ2) is 3.39. The summed E-state index contributed by atoms with van der Waals surface area (Å²) in [5, 5.41) is 0.863. The Hall–Kier alpha value is 0.270. The molecule has 1 aliphatic heterocycles. The molecule has 1 aromatic carbocycles. The van der Waals surface area contributed by atoms with Crippen LogP contribution in [0, 0.1) is 0 Å². The molecule has 0 atom stereocenters. The summed E-state index contributed by atoms with van der Waals surface area (Å²) in [7, 11) is 0. The zero-order valence-corrected chi connectivity index (χ0v) is 10.3. The molecule has 0 radical (unpaired) electrons. The van der Waals surface area contributed by atoms with Crippen LogP contribution in [0.3, 0.4) is 0 Å². The molecule has 0 saturated carbocycles. The first-order valence-electron chi connectivity index (χ1n) is 3.53. The molecule has 0 saturated heterocycles. The van der Waals surface area contributed by atoms with E-state index in [1.807, 2.05) is 0 Å². The van der Waals surface area contributed by atoms with Crippen molar-refractivity contribution >= 4 is 63.7 Å². The van der Waals surface area contributed by atoms with Crippen LogP contribution >= 0.6 is 58.6 Å². The highest BCUT2D eigenvalue weighted by molar-refractivity contribution is 7.80. The monoisotopic (exact) mass is 286 g/mol. The van der Waals surface area contributed by atoms with Crippen LogP contribution in [-0.4, -0.2) is 5.05 Å². The number of hydrogen-bond donors (Lipinski definition) is 0. The normalized spacial score (nSPS) is 17.9. The fourth-order valence-corrected chi connectivity index (χ4v) is 2.71. The molecule has 0 amide bonds. The van der Waals surface area contributed by atoms with Crippen molar-refractivity contribution in [3.8, 4) is 0 Å². The summed E-state index contributed by atoms with van der Waals surface area (Å²) in [5.74, 6) is 0. The molecular formula is C8H2Cl4OS. The van der Waals surface area contributed by atoms with E-state index in [9.17, 15) is 0 Å². The molecule has 6 heteroatoms. The van der Waals surface area contributed by atoms with Gasteiger partial charge in [-0.15, -0.1) is 0 Å². The quantitative estimate of drug-likeness (QED) is 0.520. The molecule has 2 rings (SSSR count). The van der Waals surface area contributed by atoms with Gasteiger partial charge in [-0.25, -0.2) is 0 Å². The van der Waals surface area contributed by atoms with Crippen molar-refractivity contribution in [1.29, 1.82) is 0 Å². The van der Waals surface area contributed by atoms with Gasteiger partial charge in [-0.1, -0.05) is 46.4 Å². The first-order valence-corrected chi connectivity index (χ1v) is 5.45. The number of rotatable bonds is 0. The summed E-state index contributed by atoms with van der Waals surface area (Å²) < 4.78 is 3.54. The maximum atomic E-state index is 5.95. The average molecular weight is 288 g/mol. The lowest BCUT2D eigenvalue weighted by Crippen LogP contribution is -2.09. The molecule has 0 N–H and O–H groups in total. The molecule has 1 heterocycles. The van der Waals surface area contributed by atoms with Crippen molar-refractivity contribution in [2.45, 2.75) is 4.52 Å². The molecule has 1 nitrogen and oxygen atoms in total. The van der Waals surface area contributed by atoms with E-state index < -0.39 is 4.52 Å². The topological polar surface area (TPSA) is 9.23 Å². The summed E-state index contributed by atoms with van der Waals surface area (Å²) in [4.78, 5) is 0. The Balaban J connectivity index is 2.77. The lowest BCUT2D eigenvalue weighted by Gasteiger charge is -2.13. The maximum Gasteiger partial charge on any atom is 0.288 e. The van der Waals surface area contributed by atoms with Gasteiger partial charge in [-0.3, -0.25) is 0 Å². The Morgan fingerprint density at radius 1 is 1.21 bits per heavy atom. The first-order chi connectivity index (χ1) is 6.43. The van der Waals surface area contributed by atoms with Gasteiger partial charge in [0.25, 0.3) is 4.52 Å². The third-order valence-corrected chi connectivity index (χ3v) is 3.47. The summed E-state index contributed by atoms with van der Waals surface area (Å²) in [6, 6.07) is 3.30. The number of fused-ring (bicyclic) bond motifs is 1. The van der Waals surface area contributed by atoms with Gasteiger partial charge in [0.1, 0.15) is 0 Å². The number of thiocarbonyl (C=S) groups is 1. The molecule has 14 heavy (non-hydrogen) atoms. The minimum atomic E-state index is -1.53. The highest BCUT2D eigenvalue weighted by Gasteiger charge is 2.43. The van der Waals surface area contributed by atoms with Crippen LogP contribution in [0.2, 0.25) is 10.0 Å². The van der Waals surface area contributed by atoms with E-state index >= 15 is 0 Å². The molecule has 0 bridgehead atoms. The standard InChI is InChI=1S/C8H2Cl4OS/c9-4-2-1-3-5(6(4)10)8(11,12)13-7(3)14/h1-2H. The highest BCUT2D eigenvalue weighted by atomic mass is 35.5. The fraction of sp³-hybridized carbons (Fsp3) is 0.125. The minimum Gasteiger partial charge on any atom is -0.443 e. The molecule has 74 valence electrons. The van der Waals surface area contributed by atoms with Gasteiger partial charge in [-0.05, 0) is 24.4 Å². The van der Waals surface area contributed by atoms with Crippen molar-refractivity contribution in [2.24, 2.45) is 0 Å². The van der Waals surface area contributed by atoms with Gasteiger partial charge in [0.05, 0.1) is 15.6 Å². The van der Waals surface area contributed by atoms with Crippen molar-refractivity contribution in [3.63, 3.8) is 0 Å². The van der Waals surface area contributed by atoms with Crippen LogP contribution in [0.25, 0.3) is 0 Å². The summed E-state index contributed by atoms with van der Waals surface area (Å²) >= 11 is 28.5. The van der Waals surface area contributed by atoms with E-state index in [0.29, 0.717) is 16.1 Å². The molecule has 0 unspecified atom stereocenters. The molecule has 1 aromatic rings. The van der Waals surface area contributed by atoms with Gasteiger partial charge in [-0.2, -0.15) is 0 Å². The van der Waals surface area contributed by atoms with E-state index in [-0.39, 0.29) is 10.1 Å². The van der Waals surface area contributed by atoms with Crippen LogP contribution in [-0.2, 0) is 9.26 Å². The highest BCUT2D eigenvalue weighted by Crippen LogP contribution is 2.48. The smallest absolute Gasteiger partial charge is 0.288 e. The number of halogens is 4. The number of ether oxygens (including phenoxy) is 1. The number of hydrogen-bond acceptors (Lipinski definition) is 2.